The Morgan fingerprint density at radius 2 is 1.91 bits per heavy atom. The average molecular weight is 308 g/mol. The van der Waals surface area contributed by atoms with Gasteiger partial charge in [0.15, 0.2) is 5.69 Å². The maximum absolute atomic E-state index is 12.7. The fraction of sp³-hybridized carbons (Fsp3) is 0.0769. The quantitative estimate of drug-likeness (QED) is 0.759. The minimum absolute atomic E-state index is 0.0225. The summed E-state index contributed by atoms with van der Waals surface area (Å²) >= 11 is 0. The first kappa shape index (κ1) is 14.0. The van der Waals surface area contributed by atoms with Crippen molar-refractivity contribution in [3.8, 4) is 11.4 Å². The maximum atomic E-state index is 12.7. The molecule has 0 amide bonds. The molecule has 3 aromatic rings. The zero-order valence-corrected chi connectivity index (χ0v) is 10.7. The SMILES string of the molecule is O=C(O)c1n[nH]nc1-c1cc2ccc(C(F)(F)F)cc2cn1. The van der Waals surface area contributed by atoms with Crippen molar-refractivity contribution in [1.29, 1.82) is 0 Å². The average Bonchev–Trinajstić information content (AvgIpc) is 2.94. The molecule has 0 atom stereocenters. The summed E-state index contributed by atoms with van der Waals surface area (Å²) in [5, 5.41) is 19.1. The molecule has 22 heavy (non-hydrogen) atoms. The van der Waals surface area contributed by atoms with Crippen molar-refractivity contribution in [3.05, 3.63) is 41.7 Å². The summed E-state index contributed by atoms with van der Waals surface area (Å²) in [5.41, 5.74) is -0.853. The van der Waals surface area contributed by atoms with E-state index < -0.39 is 17.7 Å². The summed E-state index contributed by atoms with van der Waals surface area (Å²) in [6.07, 6.45) is -3.20. The molecule has 0 fully saturated rings. The van der Waals surface area contributed by atoms with E-state index in [1.165, 1.54) is 18.3 Å². The van der Waals surface area contributed by atoms with Crippen LogP contribution in [0.15, 0.2) is 30.5 Å². The van der Waals surface area contributed by atoms with Crippen LogP contribution in [0.5, 0.6) is 0 Å². The predicted molar refractivity (Wildman–Crippen MR) is 69.1 cm³/mol. The van der Waals surface area contributed by atoms with Gasteiger partial charge in [0.1, 0.15) is 5.69 Å². The highest BCUT2D eigenvalue weighted by molar-refractivity contribution is 5.93. The molecule has 2 N–H and O–H groups in total. The molecule has 0 unspecified atom stereocenters. The van der Waals surface area contributed by atoms with Gasteiger partial charge in [0.25, 0.3) is 0 Å². The lowest BCUT2D eigenvalue weighted by atomic mass is 10.1. The number of hydrogen-bond acceptors (Lipinski definition) is 4. The van der Waals surface area contributed by atoms with Gasteiger partial charge in [-0.15, -0.1) is 5.10 Å². The standard InChI is InChI=1S/C13H7F3N4O2/c14-13(15,16)8-2-1-6-4-9(17-5-7(6)3-8)10-11(12(21)22)19-20-18-10/h1-5H,(H,21,22)(H,18,19,20). The Morgan fingerprint density at radius 3 is 2.59 bits per heavy atom. The van der Waals surface area contributed by atoms with Gasteiger partial charge in [-0.05, 0) is 23.6 Å². The van der Waals surface area contributed by atoms with E-state index in [1.807, 2.05) is 0 Å². The molecule has 0 saturated carbocycles. The van der Waals surface area contributed by atoms with Crippen molar-refractivity contribution in [2.75, 3.05) is 0 Å². The number of aromatic nitrogens is 4. The molecule has 1 aromatic carbocycles. The van der Waals surface area contributed by atoms with Crippen LogP contribution in [0.3, 0.4) is 0 Å². The molecule has 0 aliphatic carbocycles. The second-order valence-corrected chi connectivity index (χ2v) is 4.46. The number of H-pyrrole nitrogens is 1. The maximum Gasteiger partial charge on any atom is 0.416 e. The van der Waals surface area contributed by atoms with Gasteiger partial charge >= 0.3 is 12.1 Å². The first-order valence-corrected chi connectivity index (χ1v) is 5.97. The number of fused-ring (bicyclic) bond motifs is 1. The molecule has 2 heterocycles. The number of carboxylic acids is 1. The van der Waals surface area contributed by atoms with Crippen LogP contribution in [-0.4, -0.2) is 31.5 Å². The number of benzene rings is 1. The fourth-order valence-electron chi connectivity index (χ4n) is 2.01. The predicted octanol–water partition coefficient (Wildman–Crippen LogP) is 2.74. The van der Waals surface area contributed by atoms with Crippen molar-refractivity contribution in [3.63, 3.8) is 0 Å². The highest BCUT2D eigenvalue weighted by Gasteiger charge is 2.30. The van der Waals surface area contributed by atoms with Gasteiger partial charge in [-0.2, -0.15) is 23.5 Å². The van der Waals surface area contributed by atoms with Gasteiger partial charge in [0, 0.05) is 11.6 Å². The molecule has 6 nitrogen and oxygen atoms in total. The number of carbonyl (C=O) groups is 1. The third-order valence-electron chi connectivity index (χ3n) is 3.04. The Hall–Kier alpha value is -2.97. The number of halogens is 3. The monoisotopic (exact) mass is 308 g/mol. The van der Waals surface area contributed by atoms with E-state index in [2.05, 4.69) is 20.4 Å². The lowest BCUT2D eigenvalue weighted by Crippen LogP contribution is -2.04. The van der Waals surface area contributed by atoms with Gasteiger partial charge in [0.2, 0.25) is 0 Å². The normalized spacial score (nSPS) is 11.8. The Bertz CT molecular complexity index is 873. The van der Waals surface area contributed by atoms with Crippen LogP contribution >= 0.6 is 0 Å². The molecule has 0 aliphatic heterocycles. The summed E-state index contributed by atoms with van der Waals surface area (Å²) in [6, 6.07) is 4.68. The molecular weight excluding hydrogens is 301 g/mol. The summed E-state index contributed by atoms with van der Waals surface area (Å²) in [7, 11) is 0. The molecule has 0 aliphatic rings. The zero-order valence-electron chi connectivity index (χ0n) is 10.7. The summed E-state index contributed by atoms with van der Waals surface area (Å²) < 4.78 is 38.0. The summed E-state index contributed by atoms with van der Waals surface area (Å²) in [6.45, 7) is 0. The lowest BCUT2D eigenvalue weighted by Gasteiger charge is -2.08. The first-order chi connectivity index (χ1) is 10.4. The van der Waals surface area contributed by atoms with Crippen molar-refractivity contribution in [1.82, 2.24) is 20.4 Å². The van der Waals surface area contributed by atoms with Crippen LogP contribution in [0, 0.1) is 0 Å². The van der Waals surface area contributed by atoms with Crippen LogP contribution in [0.4, 0.5) is 13.2 Å². The largest absolute Gasteiger partial charge is 0.476 e. The number of pyridine rings is 1. The highest BCUT2D eigenvalue weighted by Crippen LogP contribution is 2.32. The Morgan fingerprint density at radius 1 is 1.14 bits per heavy atom. The van der Waals surface area contributed by atoms with Crippen LogP contribution in [0.1, 0.15) is 16.1 Å². The van der Waals surface area contributed by atoms with Gasteiger partial charge in [-0.25, -0.2) is 4.79 Å². The van der Waals surface area contributed by atoms with E-state index >= 15 is 0 Å². The molecule has 0 saturated heterocycles. The number of nitrogens with one attached hydrogen (secondary N) is 1. The number of aromatic amines is 1. The Balaban J connectivity index is 2.11. The topological polar surface area (TPSA) is 91.8 Å². The van der Waals surface area contributed by atoms with Gasteiger partial charge in [-0.1, -0.05) is 6.07 Å². The fourth-order valence-corrected chi connectivity index (χ4v) is 2.01. The van der Waals surface area contributed by atoms with Crippen molar-refractivity contribution < 1.29 is 23.1 Å². The van der Waals surface area contributed by atoms with Crippen molar-refractivity contribution in [2.45, 2.75) is 6.18 Å². The summed E-state index contributed by atoms with van der Waals surface area (Å²) in [5.74, 6) is -1.28. The highest BCUT2D eigenvalue weighted by atomic mass is 19.4. The van der Waals surface area contributed by atoms with Crippen LogP contribution in [0.25, 0.3) is 22.2 Å². The van der Waals surface area contributed by atoms with Gasteiger partial charge in [0.05, 0.1) is 11.3 Å². The number of aromatic carboxylic acids is 1. The van der Waals surface area contributed by atoms with Crippen LogP contribution < -0.4 is 0 Å². The van der Waals surface area contributed by atoms with Gasteiger partial charge in [-0.3, -0.25) is 4.98 Å². The molecule has 0 radical (unpaired) electrons. The smallest absolute Gasteiger partial charge is 0.416 e. The van der Waals surface area contributed by atoms with Crippen LogP contribution in [-0.2, 0) is 6.18 Å². The Labute approximate surface area is 120 Å². The first-order valence-electron chi connectivity index (χ1n) is 5.97. The van der Waals surface area contributed by atoms with E-state index in [-0.39, 0.29) is 17.1 Å². The number of rotatable bonds is 2. The number of carboxylic acid groups (broad SMARTS) is 1. The van der Waals surface area contributed by atoms with E-state index in [1.54, 1.807) is 0 Å². The molecule has 2 aromatic heterocycles. The van der Waals surface area contributed by atoms with Gasteiger partial charge < -0.3 is 5.11 Å². The molecule has 9 heteroatoms. The molecule has 0 spiro atoms. The Kier molecular flexibility index (Phi) is 3.05. The molecule has 3 rings (SSSR count). The van der Waals surface area contributed by atoms with Crippen LogP contribution in [0.2, 0.25) is 0 Å². The van der Waals surface area contributed by atoms with E-state index in [9.17, 15) is 18.0 Å². The molecular formula is C13H7F3N4O2. The molecule has 0 bridgehead atoms. The number of alkyl halides is 3. The minimum Gasteiger partial charge on any atom is -0.476 e. The molecule has 112 valence electrons. The minimum atomic E-state index is -4.44. The number of hydrogen-bond donors (Lipinski definition) is 2. The van der Waals surface area contributed by atoms with Crippen molar-refractivity contribution in [2.24, 2.45) is 0 Å². The third-order valence-corrected chi connectivity index (χ3v) is 3.04. The van der Waals surface area contributed by atoms with E-state index in [4.69, 9.17) is 5.11 Å². The van der Waals surface area contributed by atoms with Crippen molar-refractivity contribution >= 4 is 16.7 Å². The van der Waals surface area contributed by atoms with E-state index in [0.29, 0.717) is 10.8 Å². The second-order valence-electron chi connectivity index (χ2n) is 4.46. The zero-order chi connectivity index (χ0) is 15.9. The second kappa shape index (κ2) is 4.79. The van der Waals surface area contributed by atoms with E-state index in [0.717, 1.165) is 12.1 Å². The summed E-state index contributed by atoms with van der Waals surface area (Å²) in [4.78, 5) is 15.0. The lowest BCUT2D eigenvalue weighted by molar-refractivity contribution is -0.137. The third kappa shape index (κ3) is 2.36. The number of nitrogens with zero attached hydrogens (tertiary/aromatic N) is 3.